The lowest BCUT2D eigenvalue weighted by Crippen LogP contribution is -2.06. The Morgan fingerprint density at radius 3 is 1.77 bits per heavy atom. The van der Waals surface area contributed by atoms with Crippen LogP contribution < -0.4 is 18.9 Å². The van der Waals surface area contributed by atoms with Gasteiger partial charge in [0.1, 0.15) is 0 Å². The lowest BCUT2D eigenvalue weighted by molar-refractivity contribution is -0.134. The van der Waals surface area contributed by atoms with Crippen LogP contribution in [0.2, 0.25) is 0 Å². The standard InChI is InChI=1S/C25H26O6/c1-5-24(26)31-21-11-7-17(15-23(21)30-4)13-19-9-8-18(25(19)27)12-16-6-10-20(28-2)22(14-16)29-3/h6-7,10-15H,5,8-9H2,1-4H3/b18-12+,19-13+. The van der Waals surface area contributed by atoms with Gasteiger partial charge in [-0.2, -0.15) is 0 Å². The summed E-state index contributed by atoms with van der Waals surface area (Å²) in [7, 11) is 4.68. The molecule has 0 unspecified atom stereocenters. The fourth-order valence-electron chi connectivity index (χ4n) is 3.38. The first-order valence-corrected chi connectivity index (χ1v) is 10.1. The Labute approximate surface area is 182 Å². The number of allylic oxidation sites excluding steroid dienone is 2. The maximum absolute atomic E-state index is 12.9. The fourth-order valence-corrected chi connectivity index (χ4v) is 3.38. The van der Waals surface area contributed by atoms with Crippen LogP contribution in [0.1, 0.15) is 37.3 Å². The third kappa shape index (κ3) is 5.15. The van der Waals surface area contributed by atoms with E-state index in [-0.39, 0.29) is 18.2 Å². The summed E-state index contributed by atoms with van der Waals surface area (Å²) >= 11 is 0. The van der Waals surface area contributed by atoms with Gasteiger partial charge in [0.2, 0.25) is 0 Å². The molecule has 0 amide bonds. The van der Waals surface area contributed by atoms with Crippen molar-refractivity contribution < 1.29 is 28.5 Å². The molecule has 0 aromatic heterocycles. The predicted octanol–water partition coefficient (Wildman–Crippen LogP) is 4.86. The van der Waals surface area contributed by atoms with E-state index in [1.165, 1.54) is 7.11 Å². The van der Waals surface area contributed by atoms with Crippen LogP contribution in [0.15, 0.2) is 47.5 Å². The SMILES string of the molecule is CCC(=O)Oc1ccc(/C=C2\CC/C(=C\c3ccc(OC)c(OC)c3)C2=O)cc1OC. The summed E-state index contributed by atoms with van der Waals surface area (Å²) in [6.45, 7) is 1.73. The summed E-state index contributed by atoms with van der Waals surface area (Å²) in [5.74, 6) is 1.76. The Bertz CT molecular complexity index is 1050. The first-order chi connectivity index (χ1) is 15.0. The van der Waals surface area contributed by atoms with Crippen LogP contribution in [0.5, 0.6) is 23.0 Å². The minimum atomic E-state index is -0.333. The summed E-state index contributed by atoms with van der Waals surface area (Å²) < 4.78 is 21.2. The van der Waals surface area contributed by atoms with Gasteiger partial charge in [-0.25, -0.2) is 0 Å². The zero-order valence-corrected chi connectivity index (χ0v) is 18.2. The molecule has 0 spiro atoms. The van der Waals surface area contributed by atoms with Gasteiger partial charge in [-0.15, -0.1) is 0 Å². The molecular weight excluding hydrogens is 396 g/mol. The van der Waals surface area contributed by atoms with E-state index in [4.69, 9.17) is 18.9 Å². The van der Waals surface area contributed by atoms with Gasteiger partial charge in [0.25, 0.3) is 0 Å². The van der Waals surface area contributed by atoms with Gasteiger partial charge in [0.15, 0.2) is 28.8 Å². The van der Waals surface area contributed by atoms with Crippen molar-refractivity contribution in [3.63, 3.8) is 0 Å². The predicted molar refractivity (Wildman–Crippen MR) is 119 cm³/mol. The third-order valence-corrected chi connectivity index (χ3v) is 5.04. The van der Waals surface area contributed by atoms with Gasteiger partial charge in [0, 0.05) is 17.6 Å². The van der Waals surface area contributed by atoms with Crippen molar-refractivity contribution in [2.45, 2.75) is 26.2 Å². The van der Waals surface area contributed by atoms with Gasteiger partial charge in [0.05, 0.1) is 21.3 Å². The van der Waals surface area contributed by atoms with Crippen molar-refractivity contribution in [2.24, 2.45) is 0 Å². The van der Waals surface area contributed by atoms with Crippen LogP contribution in [0.4, 0.5) is 0 Å². The molecule has 1 fully saturated rings. The quantitative estimate of drug-likeness (QED) is 0.361. The van der Waals surface area contributed by atoms with E-state index in [0.29, 0.717) is 35.8 Å². The molecule has 1 saturated carbocycles. The number of Topliss-reactive ketones (excluding diaryl/α,β-unsaturated/α-hetero) is 1. The average Bonchev–Trinajstić information content (AvgIpc) is 3.13. The van der Waals surface area contributed by atoms with E-state index >= 15 is 0 Å². The fraction of sp³-hybridized carbons (Fsp3) is 0.280. The summed E-state index contributed by atoms with van der Waals surface area (Å²) in [5, 5.41) is 0. The normalized spacial score (nSPS) is 15.9. The number of benzene rings is 2. The van der Waals surface area contributed by atoms with Gasteiger partial charge in [-0.05, 0) is 60.4 Å². The lowest BCUT2D eigenvalue weighted by Gasteiger charge is -2.09. The molecular formula is C25H26O6. The van der Waals surface area contributed by atoms with Crippen molar-refractivity contribution in [3.05, 3.63) is 58.7 Å². The number of ketones is 1. The van der Waals surface area contributed by atoms with E-state index in [2.05, 4.69) is 0 Å². The topological polar surface area (TPSA) is 71.1 Å². The Balaban J connectivity index is 1.82. The Morgan fingerprint density at radius 1 is 0.806 bits per heavy atom. The molecule has 0 saturated heterocycles. The second-order valence-corrected chi connectivity index (χ2v) is 7.02. The molecule has 0 atom stereocenters. The molecule has 2 aromatic rings. The van der Waals surface area contributed by atoms with E-state index in [1.807, 2.05) is 30.4 Å². The molecule has 2 aromatic carbocycles. The van der Waals surface area contributed by atoms with E-state index in [9.17, 15) is 9.59 Å². The Kier molecular flexibility index (Phi) is 7.13. The van der Waals surface area contributed by atoms with E-state index in [1.54, 1.807) is 39.3 Å². The molecule has 0 heterocycles. The number of carbonyl (C=O) groups excluding carboxylic acids is 2. The number of carbonyl (C=O) groups is 2. The Hall–Kier alpha value is -3.54. The van der Waals surface area contributed by atoms with E-state index < -0.39 is 0 Å². The zero-order chi connectivity index (χ0) is 22.4. The smallest absolute Gasteiger partial charge is 0.311 e. The minimum Gasteiger partial charge on any atom is -0.493 e. The van der Waals surface area contributed by atoms with Gasteiger partial charge < -0.3 is 18.9 Å². The molecule has 31 heavy (non-hydrogen) atoms. The highest BCUT2D eigenvalue weighted by Crippen LogP contribution is 2.34. The van der Waals surface area contributed by atoms with Crippen molar-refractivity contribution in [2.75, 3.05) is 21.3 Å². The minimum absolute atomic E-state index is 0.0234. The molecule has 6 heteroatoms. The van der Waals surface area contributed by atoms with Crippen LogP contribution in [-0.2, 0) is 9.59 Å². The number of rotatable bonds is 7. The van der Waals surface area contributed by atoms with Gasteiger partial charge in [-0.1, -0.05) is 19.1 Å². The maximum atomic E-state index is 12.9. The highest BCUT2D eigenvalue weighted by atomic mass is 16.6. The largest absolute Gasteiger partial charge is 0.493 e. The van der Waals surface area contributed by atoms with Crippen LogP contribution in [0.3, 0.4) is 0 Å². The summed E-state index contributed by atoms with van der Waals surface area (Å²) in [4.78, 5) is 24.5. The van der Waals surface area contributed by atoms with Crippen LogP contribution in [0, 0.1) is 0 Å². The second-order valence-electron chi connectivity index (χ2n) is 7.02. The van der Waals surface area contributed by atoms with Crippen molar-refractivity contribution in [1.82, 2.24) is 0 Å². The molecule has 1 aliphatic carbocycles. The highest BCUT2D eigenvalue weighted by molar-refractivity contribution is 6.15. The second kappa shape index (κ2) is 9.98. The molecule has 0 N–H and O–H groups in total. The summed E-state index contributed by atoms with van der Waals surface area (Å²) in [5.41, 5.74) is 3.17. The van der Waals surface area contributed by atoms with Crippen molar-refractivity contribution in [3.8, 4) is 23.0 Å². The Morgan fingerprint density at radius 2 is 1.29 bits per heavy atom. The maximum Gasteiger partial charge on any atom is 0.311 e. The average molecular weight is 422 g/mol. The zero-order valence-electron chi connectivity index (χ0n) is 18.2. The number of esters is 1. The van der Waals surface area contributed by atoms with Crippen molar-refractivity contribution >= 4 is 23.9 Å². The summed E-state index contributed by atoms with van der Waals surface area (Å²) in [6, 6.07) is 10.8. The number of hydrogen-bond donors (Lipinski definition) is 0. The van der Waals surface area contributed by atoms with Gasteiger partial charge in [-0.3, -0.25) is 9.59 Å². The van der Waals surface area contributed by atoms with Crippen LogP contribution >= 0.6 is 0 Å². The first kappa shape index (κ1) is 22.2. The monoisotopic (exact) mass is 422 g/mol. The highest BCUT2D eigenvalue weighted by Gasteiger charge is 2.23. The molecule has 3 rings (SSSR count). The molecule has 0 radical (unpaired) electrons. The molecule has 0 aliphatic heterocycles. The van der Waals surface area contributed by atoms with Crippen LogP contribution in [0.25, 0.3) is 12.2 Å². The third-order valence-electron chi connectivity index (χ3n) is 5.04. The molecule has 162 valence electrons. The summed E-state index contributed by atoms with van der Waals surface area (Å²) in [6.07, 6.45) is 5.35. The molecule has 1 aliphatic rings. The number of hydrogen-bond acceptors (Lipinski definition) is 6. The molecule has 0 bridgehead atoms. The number of methoxy groups -OCH3 is 3. The number of ether oxygens (including phenoxy) is 4. The lowest BCUT2D eigenvalue weighted by atomic mass is 10.1. The van der Waals surface area contributed by atoms with Crippen molar-refractivity contribution in [1.29, 1.82) is 0 Å². The molecule has 6 nitrogen and oxygen atoms in total. The van der Waals surface area contributed by atoms with Crippen LogP contribution in [-0.4, -0.2) is 33.1 Å². The van der Waals surface area contributed by atoms with Gasteiger partial charge >= 0.3 is 5.97 Å². The first-order valence-electron chi connectivity index (χ1n) is 10.1. The van der Waals surface area contributed by atoms with E-state index in [0.717, 1.165) is 22.3 Å².